The van der Waals surface area contributed by atoms with E-state index in [2.05, 4.69) is 27.4 Å². The lowest BCUT2D eigenvalue weighted by Crippen LogP contribution is -2.16. The molecule has 0 unspecified atom stereocenters. The molecule has 2 aromatic rings. The van der Waals surface area contributed by atoms with Crippen molar-refractivity contribution in [3.8, 4) is 11.8 Å². The summed E-state index contributed by atoms with van der Waals surface area (Å²) in [6.45, 7) is -0.280. The Morgan fingerprint density at radius 1 is 1.30 bits per heavy atom. The summed E-state index contributed by atoms with van der Waals surface area (Å²) in [5.74, 6) is 5.03. The highest BCUT2D eigenvalue weighted by Crippen LogP contribution is 2.09. The Bertz CT molecular complexity index is 721. The highest BCUT2D eigenvalue weighted by molar-refractivity contribution is 6.05. The van der Waals surface area contributed by atoms with Gasteiger partial charge in [0.05, 0.1) is 5.56 Å². The van der Waals surface area contributed by atoms with Crippen molar-refractivity contribution in [2.75, 3.05) is 11.9 Å². The first-order chi connectivity index (χ1) is 9.70. The van der Waals surface area contributed by atoms with Crippen LogP contribution in [0.1, 0.15) is 15.9 Å². The van der Waals surface area contributed by atoms with Gasteiger partial charge in [0.15, 0.2) is 5.82 Å². The molecular weight excluding hydrogens is 258 g/mol. The van der Waals surface area contributed by atoms with Crippen LogP contribution in [-0.2, 0) is 0 Å². The second-order valence-corrected chi connectivity index (χ2v) is 3.77. The smallest absolute Gasteiger partial charge is 0.264 e. The third-order valence-electron chi connectivity index (χ3n) is 2.39. The van der Waals surface area contributed by atoms with Crippen LogP contribution >= 0.6 is 0 Å². The van der Waals surface area contributed by atoms with Crippen LogP contribution in [0.5, 0.6) is 0 Å². The van der Waals surface area contributed by atoms with Crippen molar-refractivity contribution < 1.29 is 9.90 Å². The molecule has 0 saturated carbocycles. The summed E-state index contributed by atoms with van der Waals surface area (Å²) in [6, 6.07) is 9.41. The van der Waals surface area contributed by atoms with Gasteiger partial charge in [-0.15, -0.1) is 0 Å². The maximum absolute atomic E-state index is 12.1. The van der Waals surface area contributed by atoms with Crippen LogP contribution < -0.4 is 10.9 Å². The van der Waals surface area contributed by atoms with Crippen molar-refractivity contribution >= 4 is 11.7 Å². The van der Waals surface area contributed by atoms with Gasteiger partial charge in [-0.05, 0) is 18.2 Å². The number of amides is 1. The fourth-order valence-corrected chi connectivity index (χ4v) is 1.52. The summed E-state index contributed by atoms with van der Waals surface area (Å²) < 4.78 is 0. The molecule has 3 N–H and O–H groups in total. The van der Waals surface area contributed by atoms with Crippen molar-refractivity contribution in [2.45, 2.75) is 0 Å². The van der Waals surface area contributed by atoms with Gasteiger partial charge >= 0.3 is 0 Å². The van der Waals surface area contributed by atoms with Gasteiger partial charge in [0.2, 0.25) is 0 Å². The Morgan fingerprint density at radius 2 is 2.10 bits per heavy atom. The zero-order valence-electron chi connectivity index (χ0n) is 10.4. The number of anilines is 1. The van der Waals surface area contributed by atoms with Crippen molar-refractivity contribution in [3.05, 3.63) is 57.9 Å². The van der Waals surface area contributed by atoms with E-state index >= 15 is 0 Å². The maximum atomic E-state index is 12.1. The molecule has 0 radical (unpaired) electrons. The molecule has 1 heterocycles. The Morgan fingerprint density at radius 3 is 2.80 bits per heavy atom. The lowest BCUT2D eigenvalue weighted by molar-refractivity contribution is 0.102. The number of aromatic amines is 1. The van der Waals surface area contributed by atoms with Crippen LogP contribution in [0.25, 0.3) is 0 Å². The summed E-state index contributed by atoms with van der Waals surface area (Å²) in [5.41, 5.74) is 0.516. The van der Waals surface area contributed by atoms with Crippen molar-refractivity contribution in [3.63, 3.8) is 0 Å². The molecule has 100 valence electrons. The standard InChI is InChI=1S/C14H11N3O3/c18-9-3-5-10-4-1-2-6-11(10)14(20)15-12-7-8-13(19)17-16-12/h1-2,4,6-8,18H,9H2,(H,17,19)(H,15,16,20). The van der Waals surface area contributed by atoms with E-state index in [9.17, 15) is 9.59 Å². The summed E-state index contributed by atoms with van der Waals surface area (Å²) in [7, 11) is 0. The molecular formula is C14H11N3O3. The van der Waals surface area contributed by atoms with Crippen LogP contribution in [0.15, 0.2) is 41.2 Å². The lowest BCUT2D eigenvalue weighted by Gasteiger charge is -2.05. The monoisotopic (exact) mass is 269 g/mol. The van der Waals surface area contributed by atoms with E-state index in [0.717, 1.165) is 0 Å². The quantitative estimate of drug-likeness (QED) is 0.686. The minimum Gasteiger partial charge on any atom is -0.384 e. The Kier molecular flexibility index (Phi) is 4.27. The summed E-state index contributed by atoms with van der Waals surface area (Å²) >= 11 is 0. The lowest BCUT2D eigenvalue weighted by atomic mass is 10.1. The molecule has 0 saturated heterocycles. The molecule has 1 aromatic carbocycles. The molecule has 1 aromatic heterocycles. The highest BCUT2D eigenvalue weighted by atomic mass is 16.2. The first-order valence-electron chi connectivity index (χ1n) is 5.76. The molecule has 20 heavy (non-hydrogen) atoms. The zero-order valence-corrected chi connectivity index (χ0v) is 10.4. The number of carbonyl (C=O) groups excluding carboxylic acids is 1. The maximum Gasteiger partial charge on any atom is 0.264 e. The van der Waals surface area contributed by atoms with E-state index in [1.165, 1.54) is 12.1 Å². The van der Waals surface area contributed by atoms with Gasteiger partial charge in [0.25, 0.3) is 11.5 Å². The predicted molar refractivity (Wildman–Crippen MR) is 73.2 cm³/mol. The number of aliphatic hydroxyl groups is 1. The van der Waals surface area contributed by atoms with E-state index in [1.807, 2.05) is 0 Å². The Hall–Kier alpha value is -2.91. The summed E-state index contributed by atoms with van der Waals surface area (Å²) in [5, 5.41) is 17.2. The highest BCUT2D eigenvalue weighted by Gasteiger charge is 2.10. The van der Waals surface area contributed by atoms with E-state index in [-0.39, 0.29) is 18.0 Å². The number of H-pyrrole nitrogens is 1. The van der Waals surface area contributed by atoms with Gasteiger partial charge in [-0.25, -0.2) is 5.10 Å². The van der Waals surface area contributed by atoms with Gasteiger partial charge in [-0.1, -0.05) is 24.0 Å². The molecule has 0 bridgehead atoms. The number of benzene rings is 1. The van der Waals surface area contributed by atoms with Crippen LogP contribution in [0.3, 0.4) is 0 Å². The number of nitrogens with one attached hydrogen (secondary N) is 2. The first-order valence-corrected chi connectivity index (χ1v) is 5.76. The number of hydrogen-bond donors (Lipinski definition) is 3. The summed E-state index contributed by atoms with van der Waals surface area (Å²) in [6.07, 6.45) is 0. The average molecular weight is 269 g/mol. The van der Waals surface area contributed by atoms with Gasteiger partial charge in [0.1, 0.15) is 6.61 Å². The van der Waals surface area contributed by atoms with E-state index in [0.29, 0.717) is 11.1 Å². The second kappa shape index (κ2) is 6.31. The van der Waals surface area contributed by atoms with Gasteiger partial charge in [0, 0.05) is 11.6 Å². The number of aliphatic hydroxyl groups excluding tert-OH is 1. The second-order valence-electron chi connectivity index (χ2n) is 3.77. The van der Waals surface area contributed by atoms with Crippen molar-refractivity contribution in [1.29, 1.82) is 0 Å². The SMILES string of the molecule is O=C(Nc1ccc(=O)[nH]n1)c1ccccc1C#CCO. The number of rotatable bonds is 2. The number of carbonyl (C=O) groups is 1. The van der Waals surface area contributed by atoms with Gasteiger partial charge < -0.3 is 10.4 Å². The fraction of sp³-hybridized carbons (Fsp3) is 0.0714. The molecule has 0 aliphatic carbocycles. The van der Waals surface area contributed by atoms with E-state index < -0.39 is 5.91 Å². The molecule has 6 nitrogen and oxygen atoms in total. The van der Waals surface area contributed by atoms with Crippen molar-refractivity contribution in [1.82, 2.24) is 10.2 Å². The van der Waals surface area contributed by atoms with Crippen molar-refractivity contribution in [2.24, 2.45) is 0 Å². The molecule has 1 amide bonds. The number of nitrogens with zero attached hydrogens (tertiary/aromatic N) is 1. The number of hydrogen-bond acceptors (Lipinski definition) is 4. The zero-order chi connectivity index (χ0) is 14.4. The third-order valence-corrected chi connectivity index (χ3v) is 2.39. The van der Waals surface area contributed by atoms with E-state index in [1.54, 1.807) is 24.3 Å². The molecule has 0 fully saturated rings. The van der Waals surface area contributed by atoms with E-state index in [4.69, 9.17) is 5.11 Å². The van der Waals surface area contributed by atoms with Gasteiger partial charge in [-0.3, -0.25) is 9.59 Å². The topological polar surface area (TPSA) is 95.1 Å². The molecule has 0 aliphatic heterocycles. The molecule has 2 rings (SSSR count). The minimum atomic E-state index is -0.396. The van der Waals surface area contributed by atoms with Crippen LogP contribution in [0.4, 0.5) is 5.82 Å². The minimum absolute atomic E-state index is 0.236. The average Bonchev–Trinajstić information content (AvgIpc) is 2.47. The van der Waals surface area contributed by atoms with Gasteiger partial charge in [-0.2, -0.15) is 5.10 Å². The molecule has 6 heteroatoms. The Labute approximate surface area is 114 Å². The largest absolute Gasteiger partial charge is 0.384 e. The number of aromatic nitrogens is 2. The molecule has 0 atom stereocenters. The normalized spacial score (nSPS) is 9.45. The van der Waals surface area contributed by atoms with Crippen LogP contribution in [-0.4, -0.2) is 27.8 Å². The fourth-order valence-electron chi connectivity index (χ4n) is 1.52. The first kappa shape index (κ1) is 13.5. The van der Waals surface area contributed by atoms with Crippen LogP contribution in [0, 0.1) is 11.8 Å². The third kappa shape index (κ3) is 3.31. The van der Waals surface area contributed by atoms with Crippen LogP contribution in [0.2, 0.25) is 0 Å². The molecule has 0 aliphatic rings. The summed E-state index contributed by atoms with van der Waals surface area (Å²) in [4.78, 5) is 23.0. The predicted octanol–water partition coefficient (Wildman–Crippen LogP) is 0.366. The molecule has 0 spiro atoms. The Balaban J connectivity index is 2.25.